The Morgan fingerprint density at radius 2 is 1.88 bits per heavy atom. The molecule has 0 radical (unpaired) electrons. The van der Waals surface area contributed by atoms with E-state index in [1.165, 1.54) is 15.3 Å². The van der Waals surface area contributed by atoms with Crippen molar-refractivity contribution in [2.75, 3.05) is 0 Å². The van der Waals surface area contributed by atoms with Gasteiger partial charge < -0.3 is 0 Å². The number of benzene rings is 1. The summed E-state index contributed by atoms with van der Waals surface area (Å²) in [5.41, 5.74) is 1.47. The van der Waals surface area contributed by atoms with E-state index in [2.05, 4.69) is 15.2 Å². The molecule has 134 valence electrons. The minimum Gasteiger partial charge on any atom is -0.213 e. The van der Waals surface area contributed by atoms with Gasteiger partial charge in [0.25, 0.3) is 5.82 Å². The summed E-state index contributed by atoms with van der Waals surface area (Å²) in [6.07, 6.45) is -3.02. The number of hydrogen-bond donors (Lipinski definition) is 0. The lowest BCUT2D eigenvalue weighted by Crippen LogP contribution is -2.12. The van der Waals surface area contributed by atoms with Crippen molar-refractivity contribution >= 4 is 28.2 Å². The second kappa shape index (κ2) is 5.70. The average molecular weight is 380 g/mol. The summed E-state index contributed by atoms with van der Waals surface area (Å²) < 4.78 is 42.0. The fraction of sp³-hybridized carbons (Fsp3) is 0.235. The molecule has 0 bridgehead atoms. The molecule has 0 aliphatic rings. The van der Waals surface area contributed by atoms with E-state index in [1.807, 2.05) is 19.9 Å². The molecule has 0 atom stereocenters. The summed E-state index contributed by atoms with van der Waals surface area (Å²) in [7, 11) is 0. The first-order chi connectivity index (χ1) is 12.3. The van der Waals surface area contributed by atoms with Crippen molar-refractivity contribution in [3.05, 3.63) is 52.9 Å². The van der Waals surface area contributed by atoms with E-state index >= 15 is 0 Å². The Labute approximate surface area is 151 Å². The Bertz CT molecular complexity index is 1130. The van der Waals surface area contributed by atoms with Crippen LogP contribution in [-0.2, 0) is 6.18 Å². The van der Waals surface area contributed by atoms with Crippen molar-refractivity contribution in [1.82, 2.24) is 24.4 Å². The van der Waals surface area contributed by atoms with Crippen molar-refractivity contribution in [2.24, 2.45) is 0 Å². The van der Waals surface area contributed by atoms with Crippen LogP contribution in [0.3, 0.4) is 0 Å². The Morgan fingerprint density at radius 3 is 2.58 bits per heavy atom. The van der Waals surface area contributed by atoms with E-state index in [1.54, 1.807) is 24.4 Å². The summed E-state index contributed by atoms with van der Waals surface area (Å²) in [6, 6.07) is 8.60. The third-order valence-electron chi connectivity index (χ3n) is 4.12. The maximum atomic E-state index is 13.1. The topological polar surface area (TPSA) is 48.0 Å². The molecule has 1 aromatic carbocycles. The monoisotopic (exact) mass is 379 g/mol. The van der Waals surface area contributed by atoms with E-state index in [0.29, 0.717) is 16.4 Å². The predicted octanol–water partition coefficient (Wildman–Crippen LogP) is 4.86. The molecule has 0 saturated heterocycles. The van der Waals surface area contributed by atoms with Gasteiger partial charge in [0.1, 0.15) is 0 Å². The van der Waals surface area contributed by atoms with Gasteiger partial charge in [-0.25, -0.2) is 9.67 Å². The van der Waals surface area contributed by atoms with Crippen LogP contribution in [0.4, 0.5) is 13.2 Å². The number of halogens is 4. The maximum Gasteiger partial charge on any atom is 0.453 e. The molecule has 3 aromatic heterocycles. The van der Waals surface area contributed by atoms with Crippen molar-refractivity contribution in [3.8, 4) is 5.82 Å². The molecule has 0 fully saturated rings. The standard InChI is InChI=1S/C17H13ClF3N5/c1-9(2)11-6-7-13-23-16(17(19,20)21)24-25(13)15(11)26-14-10(8-22-26)4-3-5-12(14)18/h3-9H,1-2H3. The summed E-state index contributed by atoms with van der Waals surface area (Å²) in [5, 5.41) is 9.27. The molecular formula is C17H13ClF3N5. The van der Waals surface area contributed by atoms with Gasteiger partial charge in [0.05, 0.1) is 16.7 Å². The summed E-state index contributed by atoms with van der Waals surface area (Å²) in [6.45, 7) is 3.89. The van der Waals surface area contributed by atoms with Gasteiger partial charge in [0.15, 0.2) is 11.5 Å². The number of alkyl halides is 3. The number of nitrogens with zero attached hydrogens (tertiary/aromatic N) is 5. The van der Waals surface area contributed by atoms with Crippen molar-refractivity contribution in [2.45, 2.75) is 25.9 Å². The predicted molar refractivity (Wildman–Crippen MR) is 91.7 cm³/mol. The molecule has 4 aromatic rings. The van der Waals surface area contributed by atoms with Crippen LogP contribution >= 0.6 is 11.6 Å². The highest BCUT2D eigenvalue weighted by Gasteiger charge is 2.37. The Kier molecular flexibility index (Phi) is 3.69. The maximum absolute atomic E-state index is 13.1. The minimum absolute atomic E-state index is 0.0228. The summed E-state index contributed by atoms with van der Waals surface area (Å²) in [5.74, 6) is -0.777. The van der Waals surface area contributed by atoms with Crippen molar-refractivity contribution < 1.29 is 13.2 Å². The number of hydrogen-bond acceptors (Lipinski definition) is 3. The lowest BCUT2D eigenvalue weighted by atomic mass is 10.0. The van der Waals surface area contributed by atoms with Crippen LogP contribution in [0.1, 0.15) is 31.2 Å². The third-order valence-corrected chi connectivity index (χ3v) is 4.43. The first-order valence-electron chi connectivity index (χ1n) is 7.87. The number of para-hydroxylation sites is 1. The van der Waals surface area contributed by atoms with Crippen LogP contribution < -0.4 is 0 Å². The van der Waals surface area contributed by atoms with E-state index in [9.17, 15) is 13.2 Å². The molecule has 0 spiro atoms. The van der Waals surface area contributed by atoms with E-state index in [4.69, 9.17) is 11.6 Å². The normalized spacial score (nSPS) is 12.6. The highest BCUT2D eigenvalue weighted by Crippen LogP contribution is 2.32. The molecule has 0 aliphatic heterocycles. The molecule has 0 aliphatic carbocycles. The minimum atomic E-state index is -4.63. The first kappa shape index (κ1) is 16.8. The smallest absolute Gasteiger partial charge is 0.213 e. The second-order valence-corrected chi connectivity index (χ2v) is 6.61. The molecule has 9 heteroatoms. The van der Waals surface area contributed by atoms with E-state index < -0.39 is 12.0 Å². The molecule has 0 amide bonds. The number of pyridine rings is 1. The molecular weight excluding hydrogens is 367 g/mol. The van der Waals surface area contributed by atoms with Gasteiger partial charge in [-0.15, -0.1) is 5.10 Å². The highest BCUT2D eigenvalue weighted by atomic mass is 35.5. The van der Waals surface area contributed by atoms with E-state index in [0.717, 1.165) is 10.9 Å². The summed E-state index contributed by atoms with van der Waals surface area (Å²) in [4.78, 5) is 3.61. The number of aromatic nitrogens is 5. The SMILES string of the molecule is CC(C)c1ccc2nc(C(F)(F)F)nn2c1-n1ncc2cccc(Cl)c21. The molecule has 3 heterocycles. The van der Waals surface area contributed by atoms with Gasteiger partial charge in [0, 0.05) is 5.39 Å². The van der Waals surface area contributed by atoms with Crippen LogP contribution in [0.2, 0.25) is 5.02 Å². The van der Waals surface area contributed by atoms with Crippen molar-refractivity contribution in [3.63, 3.8) is 0 Å². The number of fused-ring (bicyclic) bond motifs is 2. The number of rotatable bonds is 2. The van der Waals surface area contributed by atoms with Crippen LogP contribution in [0.15, 0.2) is 36.5 Å². The van der Waals surface area contributed by atoms with Crippen LogP contribution in [0.25, 0.3) is 22.4 Å². The molecule has 0 saturated carbocycles. The Morgan fingerprint density at radius 1 is 1.12 bits per heavy atom. The van der Waals surface area contributed by atoms with Gasteiger partial charge in [0.2, 0.25) is 0 Å². The fourth-order valence-corrected chi connectivity index (χ4v) is 3.19. The highest BCUT2D eigenvalue weighted by molar-refractivity contribution is 6.35. The largest absolute Gasteiger partial charge is 0.453 e. The van der Waals surface area contributed by atoms with Crippen molar-refractivity contribution in [1.29, 1.82) is 0 Å². The molecule has 26 heavy (non-hydrogen) atoms. The Balaban J connectivity index is 2.12. The third kappa shape index (κ3) is 2.52. The van der Waals surface area contributed by atoms with Gasteiger partial charge in [-0.2, -0.15) is 22.8 Å². The van der Waals surface area contributed by atoms with Crippen LogP contribution in [0.5, 0.6) is 0 Å². The lowest BCUT2D eigenvalue weighted by molar-refractivity contribution is -0.144. The van der Waals surface area contributed by atoms with Gasteiger partial charge in [-0.1, -0.05) is 43.6 Å². The quantitative estimate of drug-likeness (QED) is 0.499. The van der Waals surface area contributed by atoms with Gasteiger partial charge >= 0.3 is 6.18 Å². The molecule has 0 unspecified atom stereocenters. The van der Waals surface area contributed by atoms with E-state index in [-0.39, 0.29) is 11.6 Å². The zero-order valence-corrected chi connectivity index (χ0v) is 14.5. The molecule has 0 N–H and O–H groups in total. The zero-order valence-electron chi connectivity index (χ0n) is 13.8. The summed E-state index contributed by atoms with van der Waals surface area (Å²) >= 11 is 6.33. The molecule has 5 nitrogen and oxygen atoms in total. The van der Waals surface area contributed by atoms with Crippen LogP contribution in [-0.4, -0.2) is 24.4 Å². The van der Waals surface area contributed by atoms with Gasteiger partial charge in [-0.05, 0) is 23.6 Å². The zero-order chi connectivity index (χ0) is 18.6. The lowest BCUT2D eigenvalue weighted by Gasteiger charge is -2.15. The first-order valence-corrected chi connectivity index (χ1v) is 8.24. The second-order valence-electron chi connectivity index (χ2n) is 6.20. The molecule has 4 rings (SSSR count). The average Bonchev–Trinajstić information content (AvgIpc) is 3.18. The van der Waals surface area contributed by atoms with Gasteiger partial charge in [-0.3, -0.25) is 0 Å². The van der Waals surface area contributed by atoms with Crippen LogP contribution in [0, 0.1) is 0 Å². The Hall–Kier alpha value is -2.61. The fourth-order valence-electron chi connectivity index (χ4n) is 2.93.